The van der Waals surface area contributed by atoms with E-state index in [0.717, 1.165) is 12.0 Å². The average Bonchev–Trinajstić information content (AvgIpc) is 3.00. The third-order valence-electron chi connectivity index (χ3n) is 6.21. The molecule has 3 atom stereocenters. The van der Waals surface area contributed by atoms with Gasteiger partial charge in [0, 0.05) is 30.3 Å². The molecule has 2 aliphatic rings. The molecule has 0 bridgehead atoms. The van der Waals surface area contributed by atoms with Crippen molar-refractivity contribution in [3.05, 3.63) is 35.9 Å². The van der Waals surface area contributed by atoms with E-state index in [1.54, 1.807) is 4.90 Å². The molecule has 0 radical (unpaired) electrons. The molecule has 1 aliphatic heterocycles. The van der Waals surface area contributed by atoms with Gasteiger partial charge >= 0.3 is 0 Å². The molecule has 1 aromatic rings. The van der Waals surface area contributed by atoms with Crippen LogP contribution < -0.4 is 5.73 Å². The minimum Gasteiger partial charge on any atom is -0.395 e. The largest absolute Gasteiger partial charge is 0.395 e. The van der Waals surface area contributed by atoms with Crippen LogP contribution in [0.15, 0.2) is 30.3 Å². The summed E-state index contributed by atoms with van der Waals surface area (Å²) in [6.07, 6.45) is 0.473. The van der Waals surface area contributed by atoms with Crippen molar-refractivity contribution in [2.75, 3.05) is 19.7 Å². The van der Waals surface area contributed by atoms with Crippen LogP contribution in [0.2, 0.25) is 0 Å². The number of amides is 1. The summed E-state index contributed by atoms with van der Waals surface area (Å²) in [5.41, 5.74) is 5.34. The Labute approximate surface area is 137 Å². The molecule has 0 spiro atoms. The van der Waals surface area contributed by atoms with Gasteiger partial charge in [-0.15, -0.1) is 0 Å². The van der Waals surface area contributed by atoms with Crippen LogP contribution in [0.3, 0.4) is 0 Å². The van der Waals surface area contributed by atoms with Crippen LogP contribution in [0.5, 0.6) is 0 Å². The molecular formula is C18H26N2O3. The van der Waals surface area contributed by atoms with Crippen molar-refractivity contribution >= 4 is 5.91 Å². The van der Waals surface area contributed by atoms with E-state index in [9.17, 15) is 15.0 Å². The number of aliphatic hydroxyl groups excluding tert-OH is 2. The summed E-state index contributed by atoms with van der Waals surface area (Å²) in [4.78, 5) is 14.7. The zero-order valence-electron chi connectivity index (χ0n) is 13.8. The average molecular weight is 318 g/mol. The predicted octanol–water partition coefficient (Wildman–Crippen LogP) is 0.637. The van der Waals surface area contributed by atoms with E-state index in [2.05, 4.69) is 0 Å². The smallest absolute Gasteiger partial charge is 0.243 e. The minimum absolute atomic E-state index is 0.00435. The molecule has 5 nitrogen and oxygen atoms in total. The van der Waals surface area contributed by atoms with Crippen molar-refractivity contribution in [1.29, 1.82) is 0 Å². The van der Waals surface area contributed by atoms with Crippen LogP contribution in [-0.2, 0) is 10.2 Å². The van der Waals surface area contributed by atoms with Crippen LogP contribution in [0.25, 0.3) is 0 Å². The Morgan fingerprint density at radius 1 is 1.35 bits per heavy atom. The summed E-state index contributed by atoms with van der Waals surface area (Å²) >= 11 is 0. The van der Waals surface area contributed by atoms with Crippen molar-refractivity contribution in [3.8, 4) is 0 Å². The fourth-order valence-corrected chi connectivity index (χ4v) is 3.93. The second-order valence-electron chi connectivity index (χ2n) is 7.69. The summed E-state index contributed by atoms with van der Waals surface area (Å²) in [5.74, 6) is -0.112. The van der Waals surface area contributed by atoms with Gasteiger partial charge in [0.2, 0.25) is 5.91 Å². The Kier molecular flexibility index (Phi) is 3.78. The second kappa shape index (κ2) is 5.30. The Bertz CT molecular complexity index is 604. The highest BCUT2D eigenvalue weighted by molar-refractivity contribution is 5.89. The quantitative estimate of drug-likeness (QED) is 0.763. The van der Waals surface area contributed by atoms with Gasteiger partial charge in [0.05, 0.1) is 12.7 Å². The third-order valence-corrected chi connectivity index (χ3v) is 6.21. The molecule has 1 saturated heterocycles. The number of hydrogen-bond donors (Lipinski definition) is 3. The van der Waals surface area contributed by atoms with Gasteiger partial charge in [0.25, 0.3) is 0 Å². The van der Waals surface area contributed by atoms with Crippen LogP contribution in [0.1, 0.15) is 32.3 Å². The summed E-state index contributed by atoms with van der Waals surface area (Å²) < 4.78 is 0. The van der Waals surface area contributed by atoms with Gasteiger partial charge in [-0.2, -0.15) is 0 Å². The number of likely N-dealkylation sites (tertiary alicyclic amines) is 1. The van der Waals surface area contributed by atoms with Gasteiger partial charge in [-0.05, 0) is 12.0 Å². The van der Waals surface area contributed by atoms with Crippen LogP contribution in [0, 0.1) is 5.41 Å². The standard InChI is InChI=1S/C18H26N2O3/c1-16(2)14(22)10-18(16,19)15(23)20-9-8-17(11-20,12-21)13-6-4-3-5-7-13/h3-7,14,21-22H,8-12,19H2,1-2H3/t14-,17?,18-/m0/s1. The Hall–Kier alpha value is -1.43. The maximum atomic E-state index is 13.0. The summed E-state index contributed by atoms with van der Waals surface area (Å²) in [7, 11) is 0. The first-order valence-electron chi connectivity index (χ1n) is 8.20. The van der Waals surface area contributed by atoms with Crippen molar-refractivity contribution in [2.45, 2.75) is 43.7 Å². The minimum atomic E-state index is -1.02. The Balaban J connectivity index is 1.81. The van der Waals surface area contributed by atoms with Crippen LogP contribution in [0.4, 0.5) is 0 Å². The summed E-state index contributed by atoms with van der Waals surface area (Å²) in [5, 5.41) is 19.9. The predicted molar refractivity (Wildman–Crippen MR) is 87.7 cm³/mol. The van der Waals surface area contributed by atoms with Crippen molar-refractivity contribution in [3.63, 3.8) is 0 Å². The highest BCUT2D eigenvalue weighted by atomic mass is 16.3. The number of nitrogens with zero attached hydrogens (tertiary/aromatic N) is 1. The van der Waals surface area contributed by atoms with Crippen molar-refractivity contribution in [1.82, 2.24) is 4.90 Å². The van der Waals surface area contributed by atoms with E-state index in [1.165, 1.54) is 0 Å². The van der Waals surface area contributed by atoms with E-state index in [0.29, 0.717) is 19.5 Å². The number of nitrogens with two attached hydrogens (primary N) is 1. The molecule has 0 aromatic heterocycles. The lowest BCUT2D eigenvalue weighted by Crippen LogP contribution is -2.75. The van der Waals surface area contributed by atoms with Crippen molar-refractivity contribution < 1.29 is 15.0 Å². The Morgan fingerprint density at radius 2 is 2.00 bits per heavy atom. The van der Waals surface area contributed by atoms with E-state index < -0.39 is 22.5 Å². The van der Waals surface area contributed by atoms with E-state index in [4.69, 9.17) is 5.73 Å². The maximum absolute atomic E-state index is 13.0. The topological polar surface area (TPSA) is 86.8 Å². The van der Waals surface area contributed by atoms with Gasteiger partial charge in [-0.1, -0.05) is 44.2 Å². The highest BCUT2D eigenvalue weighted by Crippen LogP contribution is 2.49. The Morgan fingerprint density at radius 3 is 2.52 bits per heavy atom. The molecule has 23 heavy (non-hydrogen) atoms. The molecule has 1 saturated carbocycles. The zero-order chi connectivity index (χ0) is 16.9. The third kappa shape index (κ3) is 2.22. The number of rotatable bonds is 3. The van der Waals surface area contributed by atoms with Crippen LogP contribution in [-0.4, -0.2) is 52.4 Å². The van der Waals surface area contributed by atoms with Gasteiger partial charge < -0.3 is 20.8 Å². The molecule has 3 rings (SSSR count). The molecule has 5 heteroatoms. The fourth-order valence-electron chi connectivity index (χ4n) is 3.93. The van der Waals surface area contributed by atoms with E-state index >= 15 is 0 Å². The number of carbonyl (C=O) groups is 1. The fraction of sp³-hybridized carbons (Fsp3) is 0.611. The molecule has 1 unspecified atom stereocenters. The SMILES string of the molecule is CC1(C)[C@@H](O)C[C@]1(N)C(=O)N1CCC(CO)(c2ccccc2)C1. The molecule has 1 amide bonds. The number of hydrogen-bond acceptors (Lipinski definition) is 4. The number of carbonyl (C=O) groups excluding carboxylic acids is 1. The van der Waals surface area contributed by atoms with Crippen molar-refractivity contribution in [2.24, 2.45) is 11.1 Å². The number of benzene rings is 1. The second-order valence-corrected chi connectivity index (χ2v) is 7.69. The molecular weight excluding hydrogens is 292 g/mol. The lowest BCUT2D eigenvalue weighted by Gasteiger charge is -2.57. The molecule has 2 fully saturated rings. The molecule has 4 N–H and O–H groups in total. The van der Waals surface area contributed by atoms with Crippen LogP contribution >= 0.6 is 0 Å². The zero-order valence-corrected chi connectivity index (χ0v) is 13.8. The van der Waals surface area contributed by atoms with Gasteiger partial charge in [-0.3, -0.25) is 4.79 Å². The first-order valence-corrected chi connectivity index (χ1v) is 8.20. The number of aliphatic hydroxyl groups is 2. The van der Waals surface area contributed by atoms with Gasteiger partial charge in [0.1, 0.15) is 5.54 Å². The summed E-state index contributed by atoms with van der Waals surface area (Å²) in [6, 6.07) is 9.85. The normalized spacial score (nSPS) is 35.9. The monoisotopic (exact) mass is 318 g/mol. The van der Waals surface area contributed by atoms with E-state index in [-0.39, 0.29) is 12.5 Å². The lowest BCUT2D eigenvalue weighted by atomic mass is 9.54. The van der Waals surface area contributed by atoms with Gasteiger partial charge in [0.15, 0.2) is 0 Å². The summed E-state index contributed by atoms with van der Waals surface area (Å²) in [6.45, 7) is 4.73. The highest BCUT2D eigenvalue weighted by Gasteiger charge is 2.63. The lowest BCUT2D eigenvalue weighted by molar-refractivity contribution is -0.168. The molecule has 1 heterocycles. The van der Waals surface area contributed by atoms with E-state index in [1.807, 2.05) is 44.2 Å². The first kappa shape index (κ1) is 16.4. The van der Waals surface area contributed by atoms with Gasteiger partial charge in [-0.25, -0.2) is 0 Å². The molecule has 1 aromatic carbocycles. The first-order chi connectivity index (χ1) is 10.8. The molecule has 1 aliphatic carbocycles. The molecule has 126 valence electrons. The maximum Gasteiger partial charge on any atom is 0.243 e.